The molecule has 1 spiro atoms. The summed E-state index contributed by atoms with van der Waals surface area (Å²) in [4.78, 5) is 24.5. The highest BCUT2D eigenvalue weighted by molar-refractivity contribution is 6.00. The number of rotatable bonds is 4. The predicted octanol–water partition coefficient (Wildman–Crippen LogP) is 3.66. The van der Waals surface area contributed by atoms with Crippen LogP contribution in [0.4, 0.5) is 21.9 Å². The fourth-order valence-corrected chi connectivity index (χ4v) is 3.88. The molecule has 4 rings (SSSR count). The monoisotopic (exact) mass is 364 g/mol. The molecule has 1 heterocycles. The van der Waals surface area contributed by atoms with E-state index in [9.17, 15) is 9.59 Å². The standard InChI is InChI=1S/C21H24N4O2/c26-19(18-14-21(18)10-12-22-13-11-21)23-16-6-8-17(9-7-16)25-20(27)24-15-4-2-1-3-5-15/h1-9,18,22H,10-14H2,(H,23,26)(H2,24,25,27). The number of hydrogen-bond acceptors (Lipinski definition) is 3. The average molecular weight is 364 g/mol. The predicted molar refractivity (Wildman–Crippen MR) is 107 cm³/mol. The van der Waals surface area contributed by atoms with Crippen molar-refractivity contribution < 1.29 is 9.59 Å². The van der Waals surface area contributed by atoms with Gasteiger partial charge in [0, 0.05) is 23.0 Å². The van der Waals surface area contributed by atoms with E-state index in [4.69, 9.17) is 0 Å². The third kappa shape index (κ3) is 4.11. The number of benzene rings is 2. The van der Waals surface area contributed by atoms with Gasteiger partial charge in [-0.2, -0.15) is 0 Å². The lowest BCUT2D eigenvalue weighted by Crippen LogP contribution is -2.31. The van der Waals surface area contributed by atoms with Crippen LogP contribution in [-0.2, 0) is 4.79 Å². The van der Waals surface area contributed by atoms with Crippen molar-refractivity contribution in [2.45, 2.75) is 19.3 Å². The van der Waals surface area contributed by atoms with Crippen LogP contribution in [0.15, 0.2) is 54.6 Å². The maximum atomic E-state index is 12.5. The first-order valence-electron chi connectivity index (χ1n) is 9.39. The van der Waals surface area contributed by atoms with E-state index in [-0.39, 0.29) is 23.3 Å². The molecule has 4 N–H and O–H groups in total. The van der Waals surface area contributed by atoms with Gasteiger partial charge in [-0.1, -0.05) is 18.2 Å². The Morgan fingerprint density at radius 2 is 1.37 bits per heavy atom. The van der Waals surface area contributed by atoms with E-state index in [1.807, 2.05) is 42.5 Å². The summed E-state index contributed by atoms with van der Waals surface area (Å²) in [6.45, 7) is 2.02. The van der Waals surface area contributed by atoms with E-state index >= 15 is 0 Å². The summed E-state index contributed by atoms with van der Waals surface area (Å²) in [5, 5.41) is 11.9. The van der Waals surface area contributed by atoms with Crippen LogP contribution in [0.5, 0.6) is 0 Å². The third-order valence-electron chi connectivity index (χ3n) is 5.55. The van der Waals surface area contributed by atoms with Gasteiger partial charge in [-0.25, -0.2) is 4.79 Å². The van der Waals surface area contributed by atoms with Crippen LogP contribution in [0.2, 0.25) is 0 Å². The fourth-order valence-electron chi connectivity index (χ4n) is 3.88. The van der Waals surface area contributed by atoms with Crippen LogP contribution in [0.1, 0.15) is 19.3 Å². The van der Waals surface area contributed by atoms with Crippen molar-refractivity contribution >= 4 is 29.0 Å². The lowest BCUT2D eigenvalue weighted by molar-refractivity contribution is -0.118. The molecule has 2 fully saturated rings. The van der Waals surface area contributed by atoms with E-state index in [1.54, 1.807) is 12.1 Å². The molecule has 3 amide bonds. The van der Waals surface area contributed by atoms with Gasteiger partial charge in [-0.3, -0.25) is 4.79 Å². The summed E-state index contributed by atoms with van der Waals surface area (Å²) < 4.78 is 0. The van der Waals surface area contributed by atoms with Gasteiger partial charge in [-0.15, -0.1) is 0 Å². The highest BCUT2D eigenvalue weighted by Crippen LogP contribution is 2.58. The first kappa shape index (κ1) is 17.5. The Morgan fingerprint density at radius 1 is 0.815 bits per heavy atom. The van der Waals surface area contributed by atoms with Gasteiger partial charge in [0.25, 0.3) is 0 Å². The summed E-state index contributed by atoms with van der Waals surface area (Å²) in [6.07, 6.45) is 3.18. The number of amides is 3. The van der Waals surface area contributed by atoms with Crippen LogP contribution in [0.25, 0.3) is 0 Å². The molecule has 1 atom stereocenters. The molecule has 0 aromatic heterocycles. The number of para-hydroxylation sites is 1. The second-order valence-corrected chi connectivity index (χ2v) is 7.38. The summed E-state index contributed by atoms with van der Waals surface area (Å²) in [7, 11) is 0. The molecule has 1 aliphatic carbocycles. The lowest BCUT2D eigenvalue weighted by Gasteiger charge is -2.23. The van der Waals surface area contributed by atoms with Crippen LogP contribution in [0, 0.1) is 11.3 Å². The van der Waals surface area contributed by atoms with Gasteiger partial charge in [-0.05, 0) is 74.2 Å². The van der Waals surface area contributed by atoms with Gasteiger partial charge in [0.05, 0.1) is 0 Å². The van der Waals surface area contributed by atoms with Crippen LogP contribution in [-0.4, -0.2) is 25.0 Å². The first-order chi connectivity index (χ1) is 13.1. The number of hydrogen-bond donors (Lipinski definition) is 4. The van der Waals surface area contributed by atoms with Gasteiger partial charge in [0.2, 0.25) is 5.91 Å². The molecule has 2 aromatic rings. The van der Waals surface area contributed by atoms with Crippen molar-refractivity contribution in [3.8, 4) is 0 Å². The molecule has 0 radical (unpaired) electrons. The topological polar surface area (TPSA) is 82.3 Å². The Balaban J connectivity index is 1.29. The second-order valence-electron chi connectivity index (χ2n) is 7.38. The van der Waals surface area contributed by atoms with Crippen molar-refractivity contribution in [2.75, 3.05) is 29.0 Å². The summed E-state index contributed by atoms with van der Waals surface area (Å²) in [5.74, 6) is 0.244. The highest BCUT2D eigenvalue weighted by atomic mass is 16.2. The average Bonchev–Trinajstić information content (AvgIpc) is 3.37. The molecule has 1 unspecified atom stereocenters. The number of carbonyl (C=O) groups is 2. The molecule has 1 saturated carbocycles. The molecule has 1 aliphatic heterocycles. The number of urea groups is 1. The van der Waals surface area contributed by atoms with Crippen LogP contribution in [0.3, 0.4) is 0 Å². The van der Waals surface area contributed by atoms with Gasteiger partial charge in [0.1, 0.15) is 0 Å². The van der Waals surface area contributed by atoms with Crippen molar-refractivity contribution in [2.24, 2.45) is 11.3 Å². The Kier molecular flexibility index (Phi) is 4.81. The smallest absolute Gasteiger partial charge is 0.323 e. The minimum atomic E-state index is -0.302. The molecule has 2 aliphatic rings. The van der Waals surface area contributed by atoms with Crippen molar-refractivity contribution in [1.29, 1.82) is 0 Å². The van der Waals surface area contributed by atoms with Crippen molar-refractivity contribution in [3.63, 3.8) is 0 Å². The number of carbonyl (C=O) groups excluding carboxylic acids is 2. The molecule has 2 aromatic carbocycles. The van der Waals surface area contributed by atoms with Gasteiger partial charge >= 0.3 is 6.03 Å². The SMILES string of the molecule is O=C(Nc1ccccc1)Nc1ccc(NC(=O)C2CC23CCNCC3)cc1. The zero-order valence-corrected chi connectivity index (χ0v) is 15.1. The van der Waals surface area contributed by atoms with Crippen molar-refractivity contribution in [3.05, 3.63) is 54.6 Å². The summed E-state index contributed by atoms with van der Waals surface area (Å²) >= 11 is 0. The van der Waals surface area contributed by atoms with Gasteiger partial charge < -0.3 is 21.3 Å². The Hall–Kier alpha value is -2.86. The molecule has 27 heavy (non-hydrogen) atoms. The summed E-state index contributed by atoms with van der Waals surface area (Å²) in [5.41, 5.74) is 2.38. The zero-order valence-electron chi connectivity index (χ0n) is 15.1. The van der Waals surface area contributed by atoms with E-state index in [1.165, 1.54) is 0 Å². The molecule has 6 heteroatoms. The zero-order chi connectivity index (χ0) is 18.7. The Bertz CT molecular complexity index is 814. The number of nitrogens with one attached hydrogen (secondary N) is 4. The first-order valence-corrected chi connectivity index (χ1v) is 9.39. The Labute approximate surface area is 158 Å². The molecule has 1 saturated heterocycles. The number of anilines is 3. The molecular formula is C21H24N4O2. The lowest BCUT2D eigenvalue weighted by atomic mass is 9.92. The Morgan fingerprint density at radius 3 is 2.00 bits per heavy atom. The molecular weight excluding hydrogens is 340 g/mol. The largest absolute Gasteiger partial charge is 0.326 e. The van der Waals surface area contributed by atoms with E-state index in [2.05, 4.69) is 21.3 Å². The van der Waals surface area contributed by atoms with Crippen molar-refractivity contribution in [1.82, 2.24) is 5.32 Å². The third-order valence-corrected chi connectivity index (χ3v) is 5.55. The molecule has 140 valence electrons. The normalized spacial score (nSPS) is 19.9. The van der Waals surface area contributed by atoms with Gasteiger partial charge in [0.15, 0.2) is 0 Å². The van der Waals surface area contributed by atoms with E-state index in [0.717, 1.165) is 43.7 Å². The minimum Gasteiger partial charge on any atom is -0.326 e. The fraction of sp³-hybridized carbons (Fsp3) is 0.333. The summed E-state index contributed by atoms with van der Waals surface area (Å²) in [6, 6.07) is 16.2. The molecule has 0 bridgehead atoms. The van der Waals surface area contributed by atoms with Crippen LogP contribution >= 0.6 is 0 Å². The van der Waals surface area contributed by atoms with E-state index < -0.39 is 0 Å². The van der Waals surface area contributed by atoms with E-state index in [0.29, 0.717) is 5.69 Å². The van der Waals surface area contributed by atoms with Crippen LogP contribution < -0.4 is 21.3 Å². The number of piperidine rings is 1. The maximum Gasteiger partial charge on any atom is 0.323 e. The quantitative estimate of drug-likeness (QED) is 0.668. The highest BCUT2D eigenvalue weighted by Gasteiger charge is 2.57. The maximum absolute atomic E-state index is 12.5. The second kappa shape index (κ2) is 7.40. The molecule has 6 nitrogen and oxygen atoms in total. The minimum absolute atomic E-state index is 0.111.